The van der Waals surface area contributed by atoms with Gasteiger partial charge in [0.15, 0.2) is 0 Å². The van der Waals surface area contributed by atoms with Crippen molar-refractivity contribution in [1.29, 1.82) is 0 Å². The van der Waals surface area contributed by atoms with Crippen molar-refractivity contribution < 1.29 is 0 Å². The topological polar surface area (TPSA) is 3.24 Å². The third-order valence-corrected chi connectivity index (χ3v) is 6.91. The number of benzene rings is 2. The van der Waals surface area contributed by atoms with Crippen LogP contribution in [-0.4, -0.2) is 23.7 Å². The lowest BCUT2D eigenvalue weighted by Crippen LogP contribution is -2.23. The third kappa shape index (κ3) is 4.06. The fourth-order valence-corrected chi connectivity index (χ4v) is 5.12. The van der Waals surface area contributed by atoms with Gasteiger partial charge in [-0.1, -0.05) is 62.0 Å². The minimum absolute atomic E-state index is 0.201. The van der Waals surface area contributed by atoms with Gasteiger partial charge in [-0.2, -0.15) is 0 Å². The van der Waals surface area contributed by atoms with Crippen LogP contribution in [0.4, 0.5) is 0 Å². The molecule has 1 heterocycles. The van der Waals surface area contributed by atoms with Crippen molar-refractivity contribution in [3.63, 3.8) is 0 Å². The molecule has 27 heavy (non-hydrogen) atoms. The molecule has 0 aliphatic carbocycles. The Hall–Kier alpha value is -2.19. The number of aryl methyl sites for hydroxylation is 1. The van der Waals surface area contributed by atoms with E-state index in [1.54, 1.807) is 0 Å². The summed E-state index contributed by atoms with van der Waals surface area (Å²) >= 11 is 0. The van der Waals surface area contributed by atoms with E-state index in [9.17, 15) is 0 Å². The van der Waals surface area contributed by atoms with Gasteiger partial charge in [-0.3, -0.25) is 0 Å². The largest absolute Gasteiger partial charge is 0.343 e. The molecule has 1 nitrogen and oxygen atoms in total. The molecule has 2 aromatic rings. The zero-order valence-electron chi connectivity index (χ0n) is 17.2. The molecule has 142 valence electrons. The Balaban J connectivity index is 2.09. The molecule has 0 N–H and O–H groups in total. The maximum Gasteiger partial charge on any atom is 0.0773 e. The summed E-state index contributed by atoms with van der Waals surface area (Å²) in [6.45, 7) is 8.57. The molecule has 0 aromatic heterocycles. The molecular weight excluding hydrogens is 346 g/mol. The van der Waals surface area contributed by atoms with Crippen molar-refractivity contribution in [1.82, 2.24) is 4.90 Å². The molecule has 0 bridgehead atoms. The predicted molar refractivity (Wildman–Crippen MR) is 123 cm³/mol. The summed E-state index contributed by atoms with van der Waals surface area (Å²) in [4.78, 5) is 3.77. The predicted octanol–water partition coefficient (Wildman–Crippen LogP) is 7.03. The summed E-state index contributed by atoms with van der Waals surface area (Å²) in [6, 6.07) is 17.6. The third-order valence-electron chi connectivity index (χ3n) is 5.22. The first-order valence-electron chi connectivity index (χ1n) is 9.52. The van der Waals surface area contributed by atoms with Crippen LogP contribution in [0, 0.1) is 6.92 Å². The lowest BCUT2D eigenvalue weighted by Gasteiger charge is -2.39. The molecule has 0 spiro atoms. The quantitative estimate of drug-likeness (QED) is 0.540. The molecule has 1 unspecified atom stereocenters. The highest BCUT2D eigenvalue weighted by atomic mass is 32.3. The van der Waals surface area contributed by atoms with Crippen LogP contribution >= 0.6 is 10.0 Å². The molecule has 1 aliphatic heterocycles. The van der Waals surface area contributed by atoms with E-state index < -0.39 is 10.0 Å². The maximum atomic E-state index is 4.10. The number of nitrogens with zero attached hydrogens (tertiary/aromatic N) is 1. The van der Waals surface area contributed by atoms with Gasteiger partial charge in [-0.15, -0.1) is 0 Å². The highest BCUT2D eigenvalue weighted by Crippen LogP contribution is 2.52. The van der Waals surface area contributed by atoms with Crippen LogP contribution in [0.15, 0.2) is 84.1 Å². The lowest BCUT2D eigenvalue weighted by atomic mass is 9.92. The summed E-state index contributed by atoms with van der Waals surface area (Å²) in [5, 5.41) is 0. The van der Waals surface area contributed by atoms with E-state index in [1.165, 1.54) is 32.7 Å². The van der Waals surface area contributed by atoms with Crippen molar-refractivity contribution in [2.75, 3.05) is 18.8 Å². The standard InChI is InChI=1S/C25H31NS/c1-7-20-17-24(26(8-2)18-25(20)27(4,5)6)23-16-22(15-14-19(23)3)21-12-10-9-11-13-21/h8-18,24H,2,7H2,1,3-6H3. The maximum absolute atomic E-state index is 4.10. The second-order valence-electron chi connectivity index (χ2n) is 7.89. The van der Waals surface area contributed by atoms with Gasteiger partial charge in [0.05, 0.1) is 6.04 Å². The number of rotatable bonds is 5. The van der Waals surface area contributed by atoms with Gasteiger partial charge < -0.3 is 4.90 Å². The average molecular weight is 378 g/mol. The van der Waals surface area contributed by atoms with E-state index in [1.807, 2.05) is 6.20 Å². The lowest BCUT2D eigenvalue weighted by molar-refractivity contribution is 0.428. The highest BCUT2D eigenvalue weighted by molar-refractivity contribution is 8.35. The molecular formula is C25H31NS. The van der Waals surface area contributed by atoms with E-state index in [0.717, 1.165) is 6.42 Å². The van der Waals surface area contributed by atoms with Gasteiger partial charge in [0, 0.05) is 11.1 Å². The zero-order valence-corrected chi connectivity index (χ0v) is 18.0. The van der Waals surface area contributed by atoms with Gasteiger partial charge in [0.25, 0.3) is 0 Å². The summed E-state index contributed by atoms with van der Waals surface area (Å²) in [5.74, 6) is 0. The van der Waals surface area contributed by atoms with E-state index in [2.05, 4.69) is 105 Å². The van der Waals surface area contributed by atoms with Crippen LogP contribution < -0.4 is 0 Å². The van der Waals surface area contributed by atoms with Crippen LogP contribution in [0.25, 0.3) is 11.1 Å². The summed E-state index contributed by atoms with van der Waals surface area (Å²) in [6.07, 6.45) is 14.9. The van der Waals surface area contributed by atoms with Crippen LogP contribution in [-0.2, 0) is 0 Å². The Bertz CT molecular complexity index is 884. The van der Waals surface area contributed by atoms with Crippen molar-refractivity contribution in [3.05, 3.63) is 95.2 Å². The Kier molecular flexibility index (Phi) is 5.67. The van der Waals surface area contributed by atoms with Crippen LogP contribution in [0.2, 0.25) is 0 Å². The van der Waals surface area contributed by atoms with Crippen molar-refractivity contribution >= 4 is 10.0 Å². The van der Waals surface area contributed by atoms with Gasteiger partial charge >= 0.3 is 0 Å². The van der Waals surface area contributed by atoms with E-state index in [4.69, 9.17) is 0 Å². The first-order valence-corrected chi connectivity index (χ1v) is 12.4. The fourth-order valence-electron chi connectivity index (χ4n) is 3.69. The Morgan fingerprint density at radius 3 is 2.33 bits per heavy atom. The summed E-state index contributed by atoms with van der Waals surface area (Å²) < 4.78 is 0. The Morgan fingerprint density at radius 1 is 1.04 bits per heavy atom. The average Bonchev–Trinajstić information content (AvgIpc) is 2.67. The highest BCUT2D eigenvalue weighted by Gasteiger charge is 2.26. The van der Waals surface area contributed by atoms with Crippen LogP contribution in [0.3, 0.4) is 0 Å². The molecule has 0 fully saturated rings. The smallest absolute Gasteiger partial charge is 0.0773 e. The van der Waals surface area contributed by atoms with Gasteiger partial charge in [0.1, 0.15) is 0 Å². The summed E-state index contributed by atoms with van der Waals surface area (Å²) in [7, 11) is -0.794. The summed E-state index contributed by atoms with van der Waals surface area (Å²) in [5.41, 5.74) is 6.67. The van der Waals surface area contributed by atoms with E-state index in [-0.39, 0.29) is 6.04 Å². The SMILES string of the molecule is C=CN1C=C(S(C)(C)C)C(CC)=CC1c1cc(-c2ccccc2)ccc1C. The Labute approximate surface area is 166 Å². The molecule has 3 rings (SSSR count). The Morgan fingerprint density at radius 2 is 1.74 bits per heavy atom. The van der Waals surface area contributed by atoms with Gasteiger partial charge in [-0.25, -0.2) is 10.0 Å². The van der Waals surface area contributed by atoms with E-state index in [0.29, 0.717) is 0 Å². The molecule has 0 saturated carbocycles. The molecule has 2 aromatic carbocycles. The fraction of sp³-hybridized carbons (Fsp3) is 0.280. The molecule has 0 saturated heterocycles. The number of hydrogen-bond acceptors (Lipinski definition) is 1. The second kappa shape index (κ2) is 7.82. The van der Waals surface area contributed by atoms with Crippen molar-refractivity contribution in [3.8, 4) is 11.1 Å². The number of hydrogen-bond donors (Lipinski definition) is 0. The molecule has 1 atom stereocenters. The molecule has 0 amide bonds. The first-order chi connectivity index (χ1) is 12.8. The monoisotopic (exact) mass is 377 g/mol. The molecule has 2 heteroatoms. The van der Waals surface area contributed by atoms with E-state index >= 15 is 0 Å². The normalized spacial score (nSPS) is 18.0. The minimum atomic E-state index is -0.794. The van der Waals surface area contributed by atoms with Crippen LogP contribution in [0.1, 0.15) is 30.5 Å². The second-order valence-corrected chi connectivity index (χ2v) is 12.0. The first kappa shape index (κ1) is 19.6. The van der Waals surface area contributed by atoms with Gasteiger partial charge in [-0.05, 0) is 72.2 Å². The molecule has 0 radical (unpaired) electrons. The van der Waals surface area contributed by atoms with Crippen LogP contribution in [0.5, 0.6) is 0 Å². The van der Waals surface area contributed by atoms with Crippen molar-refractivity contribution in [2.45, 2.75) is 26.3 Å². The molecule has 1 aliphatic rings. The zero-order chi connectivity index (χ0) is 19.6. The van der Waals surface area contributed by atoms with Gasteiger partial charge in [0.2, 0.25) is 0 Å². The number of allylic oxidation sites excluding steroid dienone is 1. The van der Waals surface area contributed by atoms with Crippen molar-refractivity contribution in [2.24, 2.45) is 0 Å². The minimum Gasteiger partial charge on any atom is -0.343 e.